The maximum absolute atomic E-state index is 12.2. The molecule has 96 valence electrons. The lowest BCUT2D eigenvalue weighted by Gasteiger charge is -2.07. The van der Waals surface area contributed by atoms with Crippen molar-refractivity contribution in [1.29, 1.82) is 0 Å². The summed E-state index contributed by atoms with van der Waals surface area (Å²) in [6, 6.07) is 9.07. The topological polar surface area (TPSA) is 60.2 Å². The van der Waals surface area contributed by atoms with Crippen LogP contribution in [0.5, 0.6) is 0 Å². The van der Waals surface area contributed by atoms with E-state index < -0.39 is 9.84 Å². The summed E-state index contributed by atoms with van der Waals surface area (Å²) in [6.07, 6.45) is 0. The molecule has 2 N–H and O–H groups in total. The summed E-state index contributed by atoms with van der Waals surface area (Å²) < 4.78 is 24.7. The lowest BCUT2D eigenvalue weighted by atomic mass is 10.1. The van der Waals surface area contributed by atoms with Crippen molar-refractivity contribution in [3.05, 3.63) is 52.4 Å². The second-order valence-corrected chi connectivity index (χ2v) is 7.32. The third kappa shape index (κ3) is 2.80. The van der Waals surface area contributed by atoms with Gasteiger partial charge in [0.15, 0.2) is 9.84 Å². The van der Waals surface area contributed by atoms with E-state index >= 15 is 0 Å². The molecule has 1 aromatic heterocycles. The molecule has 0 aliphatic rings. The van der Waals surface area contributed by atoms with Crippen LogP contribution in [0.4, 0.5) is 0 Å². The highest BCUT2D eigenvalue weighted by Gasteiger charge is 2.17. The fourth-order valence-electron chi connectivity index (χ4n) is 1.76. The van der Waals surface area contributed by atoms with Crippen LogP contribution < -0.4 is 5.73 Å². The zero-order chi connectivity index (χ0) is 13.2. The number of hydrogen-bond acceptors (Lipinski definition) is 4. The Kier molecular flexibility index (Phi) is 3.85. The Morgan fingerprint density at radius 1 is 1.28 bits per heavy atom. The predicted molar refractivity (Wildman–Crippen MR) is 74.3 cm³/mol. The van der Waals surface area contributed by atoms with E-state index in [4.69, 9.17) is 5.73 Å². The summed E-state index contributed by atoms with van der Waals surface area (Å²) in [4.78, 5) is 0. The molecule has 1 aromatic carbocycles. The van der Waals surface area contributed by atoms with Gasteiger partial charge in [-0.2, -0.15) is 0 Å². The fourth-order valence-corrected chi connectivity index (χ4v) is 4.30. The molecule has 1 heterocycles. The first-order valence-corrected chi connectivity index (χ1v) is 8.11. The molecular weight excluding hydrogens is 266 g/mol. The van der Waals surface area contributed by atoms with Crippen LogP contribution in [0.25, 0.3) is 0 Å². The number of benzene rings is 1. The number of rotatable bonds is 4. The molecule has 0 unspecified atom stereocenters. The van der Waals surface area contributed by atoms with Gasteiger partial charge in [-0.1, -0.05) is 24.3 Å². The van der Waals surface area contributed by atoms with Crippen molar-refractivity contribution in [2.45, 2.75) is 23.4 Å². The minimum atomic E-state index is -3.22. The van der Waals surface area contributed by atoms with Gasteiger partial charge in [0, 0.05) is 6.54 Å². The molecule has 2 rings (SSSR count). The largest absolute Gasteiger partial charge is 0.326 e. The van der Waals surface area contributed by atoms with Crippen molar-refractivity contribution in [2.75, 3.05) is 0 Å². The zero-order valence-electron chi connectivity index (χ0n) is 10.1. The van der Waals surface area contributed by atoms with Gasteiger partial charge in [-0.05, 0) is 35.1 Å². The monoisotopic (exact) mass is 281 g/mol. The van der Waals surface area contributed by atoms with Crippen molar-refractivity contribution in [1.82, 2.24) is 0 Å². The van der Waals surface area contributed by atoms with Crippen molar-refractivity contribution >= 4 is 21.2 Å². The molecule has 0 fully saturated rings. The van der Waals surface area contributed by atoms with Crippen LogP contribution in [0, 0.1) is 6.92 Å². The summed E-state index contributed by atoms with van der Waals surface area (Å²) in [5, 5.41) is 1.78. The van der Waals surface area contributed by atoms with Gasteiger partial charge in [-0.15, -0.1) is 11.3 Å². The van der Waals surface area contributed by atoms with Gasteiger partial charge in [0.05, 0.1) is 5.75 Å². The van der Waals surface area contributed by atoms with Crippen LogP contribution in [-0.2, 0) is 22.1 Å². The van der Waals surface area contributed by atoms with Crippen molar-refractivity contribution in [3.8, 4) is 0 Å². The van der Waals surface area contributed by atoms with E-state index in [0.717, 1.165) is 16.7 Å². The quantitative estimate of drug-likeness (QED) is 0.936. The first-order valence-electron chi connectivity index (χ1n) is 5.57. The molecule has 0 bridgehead atoms. The standard InChI is InChI=1S/C13H15NO2S2/c1-10-7-11(8-14)4-5-12(10)9-18(15,16)13-3-2-6-17-13/h2-7H,8-9,14H2,1H3. The number of hydrogen-bond donors (Lipinski definition) is 1. The van der Waals surface area contributed by atoms with Gasteiger partial charge in [-0.25, -0.2) is 8.42 Å². The Bertz CT molecular complexity index is 631. The average molecular weight is 281 g/mol. The Morgan fingerprint density at radius 2 is 2.06 bits per heavy atom. The highest BCUT2D eigenvalue weighted by molar-refractivity contribution is 7.92. The first kappa shape index (κ1) is 13.3. The van der Waals surface area contributed by atoms with Crippen molar-refractivity contribution in [2.24, 2.45) is 5.73 Å². The molecule has 0 radical (unpaired) electrons. The van der Waals surface area contributed by atoms with E-state index in [1.807, 2.05) is 25.1 Å². The molecule has 0 atom stereocenters. The molecule has 0 spiro atoms. The molecule has 3 nitrogen and oxygen atoms in total. The zero-order valence-corrected chi connectivity index (χ0v) is 11.7. The molecule has 0 aliphatic heterocycles. The van der Waals surface area contributed by atoms with Crippen LogP contribution in [-0.4, -0.2) is 8.42 Å². The SMILES string of the molecule is Cc1cc(CN)ccc1CS(=O)(=O)c1cccs1. The molecule has 5 heteroatoms. The van der Waals surface area contributed by atoms with Gasteiger partial charge in [0.25, 0.3) is 0 Å². The molecule has 0 aliphatic carbocycles. The maximum Gasteiger partial charge on any atom is 0.191 e. The molecule has 0 saturated heterocycles. The summed E-state index contributed by atoms with van der Waals surface area (Å²) in [6.45, 7) is 2.39. The Labute approximate surface area is 111 Å². The Morgan fingerprint density at radius 3 is 2.61 bits per heavy atom. The fraction of sp³-hybridized carbons (Fsp3) is 0.231. The van der Waals surface area contributed by atoms with Crippen molar-refractivity contribution < 1.29 is 8.42 Å². The minimum Gasteiger partial charge on any atom is -0.326 e. The maximum atomic E-state index is 12.2. The summed E-state index contributed by atoms with van der Waals surface area (Å²) in [5.41, 5.74) is 8.38. The predicted octanol–water partition coefficient (Wildman–Crippen LogP) is 2.49. The van der Waals surface area contributed by atoms with Gasteiger partial charge < -0.3 is 5.73 Å². The summed E-state index contributed by atoms with van der Waals surface area (Å²) >= 11 is 1.25. The van der Waals surface area contributed by atoms with Crippen LogP contribution in [0.15, 0.2) is 39.9 Å². The van der Waals surface area contributed by atoms with Gasteiger partial charge >= 0.3 is 0 Å². The molecule has 18 heavy (non-hydrogen) atoms. The number of thiophene rings is 1. The van der Waals surface area contributed by atoms with Gasteiger partial charge in [-0.3, -0.25) is 0 Å². The molecular formula is C13H15NO2S2. The second-order valence-electron chi connectivity index (χ2n) is 4.16. The van der Waals surface area contributed by atoms with E-state index in [0.29, 0.717) is 10.8 Å². The number of nitrogens with two attached hydrogens (primary N) is 1. The van der Waals surface area contributed by atoms with Gasteiger partial charge in [0.1, 0.15) is 4.21 Å². The second kappa shape index (κ2) is 5.22. The third-order valence-corrected chi connectivity index (χ3v) is 5.94. The number of sulfone groups is 1. The van der Waals surface area contributed by atoms with E-state index in [2.05, 4.69) is 0 Å². The van der Waals surface area contributed by atoms with E-state index in [1.54, 1.807) is 17.5 Å². The lowest BCUT2D eigenvalue weighted by Crippen LogP contribution is -2.05. The normalized spacial score (nSPS) is 11.7. The van der Waals surface area contributed by atoms with Crippen LogP contribution >= 0.6 is 11.3 Å². The third-order valence-electron chi connectivity index (χ3n) is 2.79. The smallest absolute Gasteiger partial charge is 0.191 e. The van der Waals surface area contributed by atoms with Crippen LogP contribution in [0.1, 0.15) is 16.7 Å². The highest BCUT2D eigenvalue weighted by Crippen LogP contribution is 2.23. The van der Waals surface area contributed by atoms with Crippen LogP contribution in [0.2, 0.25) is 0 Å². The van der Waals surface area contributed by atoms with Crippen LogP contribution in [0.3, 0.4) is 0 Å². The first-order chi connectivity index (χ1) is 8.53. The molecule has 0 amide bonds. The molecule has 0 saturated carbocycles. The summed E-state index contributed by atoms with van der Waals surface area (Å²) in [5.74, 6) is 0.0458. The lowest BCUT2D eigenvalue weighted by molar-refractivity contribution is 0.597. The minimum absolute atomic E-state index is 0.0458. The van der Waals surface area contributed by atoms with E-state index in [1.165, 1.54) is 11.3 Å². The van der Waals surface area contributed by atoms with E-state index in [9.17, 15) is 8.42 Å². The van der Waals surface area contributed by atoms with E-state index in [-0.39, 0.29) is 5.75 Å². The Hall–Kier alpha value is -1.17. The Balaban J connectivity index is 2.30. The average Bonchev–Trinajstić information content (AvgIpc) is 2.86. The summed E-state index contributed by atoms with van der Waals surface area (Å²) in [7, 11) is -3.22. The highest BCUT2D eigenvalue weighted by atomic mass is 32.2. The van der Waals surface area contributed by atoms with Gasteiger partial charge in [0.2, 0.25) is 0 Å². The van der Waals surface area contributed by atoms with Crippen molar-refractivity contribution in [3.63, 3.8) is 0 Å². The molecule has 2 aromatic rings. The number of aryl methyl sites for hydroxylation is 1.